The highest BCUT2D eigenvalue weighted by Gasteiger charge is 2.29. The summed E-state index contributed by atoms with van der Waals surface area (Å²) in [6.07, 6.45) is 2.83. The molecule has 0 radical (unpaired) electrons. The second-order valence-corrected chi connectivity index (χ2v) is 8.13. The molecule has 31 heavy (non-hydrogen) atoms. The van der Waals surface area contributed by atoms with Crippen LogP contribution in [0.5, 0.6) is 11.5 Å². The van der Waals surface area contributed by atoms with E-state index in [1.165, 1.54) is 0 Å². The van der Waals surface area contributed by atoms with E-state index in [4.69, 9.17) is 9.47 Å². The number of nitrogens with one attached hydrogen (secondary N) is 2. The SMILES string of the molecule is Cc1cccc(NC(=O)NC(=O)CN2CCC[C@H]2c2ccc3c(c2)OCCCO3)c1C. The van der Waals surface area contributed by atoms with Crippen molar-refractivity contribution in [3.05, 3.63) is 53.1 Å². The fourth-order valence-electron chi connectivity index (χ4n) is 4.17. The number of hydrogen-bond acceptors (Lipinski definition) is 5. The molecule has 3 amide bonds. The number of carbonyl (C=O) groups is 2. The minimum absolute atomic E-state index is 0.116. The summed E-state index contributed by atoms with van der Waals surface area (Å²) in [7, 11) is 0. The summed E-state index contributed by atoms with van der Waals surface area (Å²) in [5.41, 5.74) is 3.88. The van der Waals surface area contributed by atoms with E-state index in [1.54, 1.807) is 0 Å². The van der Waals surface area contributed by atoms with Crippen LogP contribution in [0.1, 0.15) is 42.0 Å². The molecular formula is C24H29N3O4. The molecule has 2 aliphatic heterocycles. The third kappa shape index (κ3) is 4.99. The normalized spacial score (nSPS) is 18.3. The summed E-state index contributed by atoms with van der Waals surface area (Å²) < 4.78 is 11.5. The molecule has 0 spiro atoms. The monoisotopic (exact) mass is 423 g/mol. The molecule has 2 aromatic rings. The van der Waals surface area contributed by atoms with Gasteiger partial charge in [-0.05, 0) is 68.1 Å². The first-order valence-electron chi connectivity index (χ1n) is 10.8. The van der Waals surface area contributed by atoms with Crippen LogP contribution in [0.4, 0.5) is 10.5 Å². The number of benzene rings is 2. The van der Waals surface area contributed by atoms with E-state index in [2.05, 4.69) is 15.5 Å². The Kier molecular flexibility index (Phi) is 6.42. The maximum atomic E-state index is 12.5. The number of likely N-dealkylation sites (tertiary alicyclic amines) is 1. The van der Waals surface area contributed by atoms with Crippen LogP contribution in [0.25, 0.3) is 0 Å². The Hall–Kier alpha value is -3.06. The zero-order valence-electron chi connectivity index (χ0n) is 18.1. The van der Waals surface area contributed by atoms with Gasteiger partial charge in [0.25, 0.3) is 0 Å². The highest BCUT2D eigenvalue weighted by molar-refractivity contribution is 6.02. The number of anilines is 1. The molecular weight excluding hydrogens is 394 g/mol. The summed E-state index contributed by atoms with van der Waals surface area (Å²) in [6.45, 7) is 6.20. The van der Waals surface area contributed by atoms with E-state index >= 15 is 0 Å². The number of urea groups is 1. The molecule has 0 bridgehead atoms. The molecule has 1 atom stereocenters. The van der Waals surface area contributed by atoms with Crippen LogP contribution >= 0.6 is 0 Å². The predicted molar refractivity (Wildman–Crippen MR) is 119 cm³/mol. The van der Waals surface area contributed by atoms with Crippen molar-refractivity contribution in [1.29, 1.82) is 0 Å². The van der Waals surface area contributed by atoms with Crippen molar-refractivity contribution in [2.75, 3.05) is 31.6 Å². The lowest BCUT2D eigenvalue weighted by Gasteiger charge is -2.24. The van der Waals surface area contributed by atoms with Crippen LogP contribution in [0, 0.1) is 13.8 Å². The summed E-state index contributed by atoms with van der Waals surface area (Å²) in [5.74, 6) is 1.22. The molecule has 4 rings (SSSR count). The Morgan fingerprint density at radius 1 is 1.06 bits per heavy atom. The first-order chi connectivity index (χ1) is 15.0. The summed E-state index contributed by atoms with van der Waals surface area (Å²) >= 11 is 0. The fourth-order valence-corrected chi connectivity index (χ4v) is 4.17. The van der Waals surface area contributed by atoms with Crippen LogP contribution in [0.15, 0.2) is 36.4 Å². The van der Waals surface area contributed by atoms with Gasteiger partial charge >= 0.3 is 6.03 Å². The predicted octanol–water partition coefficient (Wildman–Crippen LogP) is 3.95. The van der Waals surface area contributed by atoms with E-state index < -0.39 is 6.03 Å². The molecule has 164 valence electrons. The van der Waals surface area contributed by atoms with Gasteiger partial charge in [-0.3, -0.25) is 15.0 Å². The average molecular weight is 424 g/mol. The van der Waals surface area contributed by atoms with Gasteiger partial charge in [-0.2, -0.15) is 0 Å². The third-order valence-corrected chi connectivity index (χ3v) is 5.97. The maximum absolute atomic E-state index is 12.5. The molecule has 1 fully saturated rings. The number of nitrogens with zero attached hydrogens (tertiary/aromatic N) is 1. The molecule has 2 N–H and O–H groups in total. The standard InChI is InChI=1S/C24H29N3O4/c1-16-6-3-7-19(17(16)2)25-24(29)26-23(28)15-27-11-4-8-20(27)18-9-10-21-22(14-18)31-13-5-12-30-21/h3,6-7,9-10,14,20H,4-5,8,11-13,15H2,1-2H3,(H2,25,26,28,29)/t20-/m0/s1. The van der Waals surface area contributed by atoms with E-state index in [0.717, 1.165) is 54.0 Å². The minimum Gasteiger partial charge on any atom is -0.490 e. The molecule has 0 unspecified atom stereocenters. The number of carbonyl (C=O) groups excluding carboxylic acids is 2. The number of hydrogen-bond donors (Lipinski definition) is 2. The second-order valence-electron chi connectivity index (χ2n) is 8.13. The zero-order chi connectivity index (χ0) is 21.8. The smallest absolute Gasteiger partial charge is 0.325 e. The molecule has 0 aromatic heterocycles. The molecule has 7 heteroatoms. The van der Waals surface area contributed by atoms with Crippen molar-refractivity contribution in [1.82, 2.24) is 10.2 Å². The van der Waals surface area contributed by atoms with Crippen molar-refractivity contribution >= 4 is 17.6 Å². The summed E-state index contributed by atoms with van der Waals surface area (Å²) in [4.78, 5) is 27.0. The van der Waals surface area contributed by atoms with Gasteiger partial charge in [-0.25, -0.2) is 4.79 Å². The molecule has 2 aliphatic rings. The molecule has 0 saturated carbocycles. The Morgan fingerprint density at radius 3 is 2.71 bits per heavy atom. The van der Waals surface area contributed by atoms with Crippen LogP contribution in [-0.4, -0.2) is 43.1 Å². The lowest BCUT2D eigenvalue weighted by molar-refractivity contribution is -0.121. The molecule has 7 nitrogen and oxygen atoms in total. The third-order valence-electron chi connectivity index (χ3n) is 5.97. The number of imide groups is 1. The minimum atomic E-state index is -0.509. The van der Waals surface area contributed by atoms with E-state index in [-0.39, 0.29) is 18.5 Å². The maximum Gasteiger partial charge on any atom is 0.325 e. The summed E-state index contributed by atoms with van der Waals surface area (Å²) in [6, 6.07) is 11.3. The summed E-state index contributed by atoms with van der Waals surface area (Å²) in [5, 5.41) is 5.23. The molecule has 2 heterocycles. The van der Waals surface area contributed by atoms with Crippen molar-refractivity contribution in [3.63, 3.8) is 0 Å². The average Bonchev–Trinajstić information content (AvgIpc) is 3.06. The van der Waals surface area contributed by atoms with Gasteiger partial charge in [0.1, 0.15) is 0 Å². The van der Waals surface area contributed by atoms with Gasteiger partial charge in [0, 0.05) is 18.2 Å². The largest absolute Gasteiger partial charge is 0.490 e. The number of amides is 3. The fraction of sp³-hybridized carbons (Fsp3) is 0.417. The van der Waals surface area contributed by atoms with Crippen LogP contribution < -0.4 is 20.1 Å². The lowest BCUT2D eigenvalue weighted by Crippen LogP contribution is -2.41. The molecule has 1 saturated heterocycles. The van der Waals surface area contributed by atoms with Crippen LogP contribution in [-0.2, 0) is 4.79 Å². The Bertz CT molecular complexity index is 975. The van der Waals surface area contributed by atoms with E-state index in [1.807, 2.05) is 50.2 Å². The Morgan fingerprint density at radius 2 is 1.87 bits per heavy atom. The number of aryl methyl sites for hydroxylation is 1. The number of rotatable bonds is 4. The van der Waals surface area contributed by atoms with E-state index in [9.17, 15) is 9.59 Å². The zero-order valence-corrected chi connectivity index (χ0v) is 18.1. The lowest BCUT2D eigenvalue weighted by atomic mass is 10.0. The highest BCUT2D eigenvalue weighted by atomic mass is 16.5. The number of ether oxygens (including phenoxy) is 2. The van der Waals surface area contributed by atoms with Gasteiger partial charge in [-0.1, -0.05) is 18.2 Å². The second kappa shape index (κ2) is 9.39. The van der Waals surface area contributed by atoms with Crippen molar-refractivity contribution in [2.24, 2.45) is 0 Å². The first-order valence-corrected chi connectivity index (χ1v) is 10.8. The molecule has 0 aliphatic carbocycles. The van der Waals surface area contributed by atoms with Crippen LogP contribution in [0.2, 0.25) is 0 Å². The van der Waals surface area contributed by atoms with Gasteiger partial charge in [-0.15, -0.1) is 0 Å². The van der Waals surface area contributed by atoms with Gasteiger partial charge in [0.2, 0.25) is 5.91 Å². The topological polar surface area (TPSA) is 79.9 Å². The van der Waals surface area contributed by atoms with E-state index in [0.29, 0.717) is 18.9 Å². The van der Waals surface area contributed by atoms with Crippen molar-refractivity contribution in [3.8, 4) is 11.5 Å². The van der Waals surface area contributed by atoms with Crippen molar-refractivity contribution < 1.29 is 19.1 Å². The number of fused-ring (bicyclic) bond motifs is 1. The van der Waals surface area contributed by atoms with Gasteiger partial charge in [0.05, 0.1) is 19.8 Å². The Labute approximate surface area is 182 Å². The van der Waals surface area contributed by atoms with Crippen LogP contribution in [0.3, 0.4) is 0 Å². The Balaban J connectivity index is 1.37. The quantitative estimate of drug-likeness (QED) is 0.778. The van der Waals surface area contributed by atoms with Gasteiger partial charge < -0.3 is 14.8 Å². The first kappa shape index (κ1) is 21.2. The van der Waals surface area contributed by atoms with Crippen molar-refractivity contribution in [2.45, 2.75) is 39.2 Å². The highest BCUT2D eigenvalue weighted by Crippen LogP contribution is 2.37. The van der Waals surface area contributed by atoms with Gasteiger partial charge in [0.15, 0.2) is 11.5 Å². The molecule has 2 aromatic carbocycles.